The van der Waals surface area contributed by atoms with E-state index in [9.17, 15) is 4.79 Å². The highest BCUT2D eigenvalue weighted by atomic mass is 32.1. The number of piperidine rings is 1. The van der Waals surface area contributed by atoms with Crippen molar-refractivity contribution in [2.24, 2.45) is 7.05 Å². The number of hydrogen-bond acceptors (Lipinski definition) is 6. The van der Waals surface area contributed by atoms with Crippen LogP contribution < -0.4 is 10.9 Å². The molecule has 6 nitrogen and oxygen atoms in total. The van der Waals surface area contributed by atoms with Gasteiger partial charge in [-0.25, -0.2) is 9.97 Å². The van der Waals surface area contributed by atoms with Gasteiger partial charge in [-0.15, -0.1) is 11.3 Å². The van der Waals surface area contributed by atoms with Gasteiger partial charge in [0.1, 0.15) is 5.82 Å². The summed E-state index contributed by atoms with van der Waals surface area (Å²) in [7, 11) is 1.82. The second-order valence-electron chi connectivity index (χ2n) is 10.2. The highest BCUT2D eigenvalue weighted by molar-refractivity contribution is 7.16. The number of rotatable bonds is 5. The van der Waals surface area contributed by atoms with Crippen LogP contribution >= 0.6 is 11.3 Å². The van der Waals surface area contributed by atoms with Gasteiger partial charge in [-0.2, -0.15) is 0 Å². The number of anilines is 2. The summed E-state index contributed by atoms with van der Waals surface area (Å²) in [5.41, 5.74) is 7.48. The highest BCUT2D eigenvalue weighted by Crippen LogP contribution is 2.31. The van der Waals surface area contributed by atoms with E-state index in [0.29, 0.717) is 17.5 Å². The van der Waals surface area contributed by atoms with E-state index in [4.69, 9.17) is 0 Å². The predicted octanol–water partition coefficient (Wildman–Crippen LogP) is 6.54. The first-order valence-corrected chi connectivity index (χ1v) is 13.8. The van der Waals surface area contributed by atoms with Crippen LogP contribution in [0.3, 0.4) is 0 Å². The summed E-state index contributed by atoms with van der Waals surface area (Å²) in [6.45, 7) is 6.86. The minimum absolute atomic E-state index is 0.0334. The molecule has 4 heterocycles. The fourth-order valence-electron chi connectivity index (χ4n) is 5.43. The van der Waals surface area contributed by atoms with Crippen molar-refractivity contribution in [1.29, 1.82) is 0 Å². The van der Waals surface area contributed by atoms with Crippen molar-refractivity contribution in [2.45, 2.75) is 38.6 Å². The van der Waals surface area contributed by atoms with E-state index >= 15 is 0 Å². The largest absolute Gasteiger partial charge is 0.340 e. The van der Waals surface area contributed by atoms with Crippen LogP contribution in [-0.4, -0.2) is 38.6 Å². The monoisotopic (exact) mass is 509 g/mol. The Morgan fingerprint density at radius 1 is 1.03 bits per heavy atom. The summed E-state index contributed by atoms with van der Waals surface area (Å²) < 4.78 is 2.82. The lowest BCUT2D eigenvalue weighted by Gasteiger charge is -2.34. The van der Waals surface area contributed by atoms with Gasteiger partial charge in [-0.05, 0) is 87.2 Å². The third-order valence-electron chi connectivity index (χ3n) is 7.64. The number of aromatic nitrogens is 3. The minimum atomic E-state index is -0.0334. The Labute approximate surface area is 220 Å². The number of fused-ring (bicyclic) bond motifs is 2. The maximum atomic E-state index is 13.3. The standard InChI is InChI=1S/C30H31N5OS/c1-19(2)35-11-9-20(10-12-35)21-5-4-6-24(13-21)33-29-16-27-23(17-31-29)14-25(30(36)34(27)3)22-7-8-28-26(15-22)32-18-37-28/h4-8,13-20H,9-12H2,1-3H3,(H,31,33). The fraction of sp³-hybridized carbons (Fsp3) is 0.300. The van der Waals surface area contributed by atoms with Gasteiger partial charge >= 0.3 is 0 Å². The van der Waals surface area contributed by atoms with Gasteiger partial charge in [-0.3, -0.25) is 4.79 Å². The molecule has 5 aromatic rings. The lowest BCUT2D eigenvalue weighted by Crippen LogP contribution is -2.37. The van der Waals surface area contributed by atoms with Gasteiger partial charge in [0.2, 0.25) is 0 Å². The zero-order valence-electron chi connectivity index (χ0n) is 21.4. The first-order valence-electron chi connectivity index (χ1n) is 12.9. The minimum Gasteiger partial charge on any atom is -0.340 e. The first-order chi connectivity index (χ1) is 18.0. The maximum Gasteiger partial charge on any atom is 0.258 e. The topological polar surface area (TPSA) is 63.0 Å². The molecule has 0 bridgehead atoms. The molecule has 7 heteroatoms. The Morgan fingerprint density at radius 2 is 1.86 bits per heavy atom. The average molecular weight is 510 g/mol. The van der Waals surface area contributed by atoms with Gasteiger partial charge in [-0.1, -0.05) is 18.2 Å². The predicted molar refractivity (Wildman–Crippen MR) is 154 cm³/mol. The normalized spacial score (nSPS) is 15.1. The van der Waals surface area contributed by atoms with Crippen molar-refractivity contribution in [1.82, 2.24) is 19.4 Å². The number of pyridine rings is 2. The van der Waals surface area contributed by atoms with Gasteiger partial charge < -0.3 is 14.8 Å². The van der Waals surface area contributed by atoms with E-state index in [1.54, 1.807) is 15.9 Å². The molecular formula is C30H31N5OS. The van der Waals surface area contributed by atoms with Crippen molar-refractivity contribution < 1.29 is 0 Å². The summed E-state index contributed by atoms with van der Waals surface area (Å²) in [6, 6.07) is 19.2. The van der Waals surface area contributed by atoms with Gasteiger partial charge in [0.05, 0.1) is 21.2 Å². The molecule has 3 aromatic heterocycles. The second-order valence-corrected chi connectivity index (χ2v) is 11.1. The highest BCUT2D eigenvalue weighted by Gasteiger charge is 2.22. The molecule has 0 spiro atoms. The van der Waals surface area contributed by atoms with Gasteiger partial charge in [0, 0.05) is 42.0 Å². The van der Waals surface area contributed by atoms with E-state index in [1.807, 2.05) is 49.1 Å². The van der Waals surface area contributed by atoms with Crippen LogP contribution in [0.4, 0.5) is 11.5 Å². The van der Waals surface area contributed by atoms with Crippen molar-refractivity contribution in [2.75, 3.05) is 18.4 Å². The fourth-order valence-corrected chi connectivity index (χ4v) is 6.09. The molecule has 0 saturated carbocycles. The lowest BCUT2D eigenvalue weighted by molar-refractivity contribution is 0.172. The Morgan fingerprint density at radius 3 is 2.68 bits per heavy atom. The van der Waals surface area contributed by atoms with Crippen LogP contribution in [-0.2, 0) is 7.05 Å². The molecule has 0 radical (unpaired) electrons. The molecule has 6 rings (SSSR count). The molecule has 0 atom stereocenters. The molecule has 37 heavy (non-hydrogen) atoms. The van der Waals surface area contributed by atoms with Crippen LogP contribution in [0.15, 0.2) is 71.1 Å². The summed E-state index contributed by atoms with van der Waals surface area (Å²) in [5, 5.41) is 4.39. The molecular weight excluding hydrogens is 478 g/mol. The number of benzene rings is 2. The molecule has 0 aliphatic carbocycles. The zero-order valence-corrected chi connectivity index (χ0v) is 22.3. The molecule has 1 fully saturated rings. The van der Waals surface area contributed by atoms with Crippen LogP contribution in [0.1, 0.15) is 38.2 Å². The van der Waals surface area contributed by atoms with Crippen LogP contribution in [0.25, 0.3) is 32.2 Å². The number of thiazole rings is 1. The Hall–Kier alpha value is -3.55. The molecule has 1 saturated heterocycles. The average Bonchev–Trinajstić information content (AvgIpc) is 3.39. The van der Waals surface area contributed by atoms with E-state index in [2.05, 4.69) is 58.3 Å². The van der Waals surface area contributed by atoms with E-state index in [0.717, 1.165) is 51.3 Å². The number of likely N-dealkylation sites (tertiary alicyclic amines) is 1. The quantitative estimate of drug-likeness (QED) is 0.291. The molecule has 1 aliphatic rings. The van der Waals surface area contributed by atoms with Crippen molar-refractivity contribution >= 4 is 44.0 Å². The van der Waals surface area contributed by atoms with E-state index in [-0.39, 0.29) is 5.56 Å². The van der Waals surface area contributed by atoms with Crippen LogP contribution in [0, 0.1) is 0 Å². The van der Waals surface area contributed by atoms with Gasteiger partial charge in [0.25, 0.3) is 5.56 Å². The van der Waals surface area contributed by atoms with Crippen LogP contribution in [0.2, 0.25) is 0 Å². The number of nitrogens with one attached hydrogen (secondary N) is 1. The first kappa shape index (κ1) is 23.8. The Balaban J connectivity index is 1.26. The van der Waals surface area contributed by atoms with Crippen LogP contribution in [0.5, 0.6) is 0 Å². The van der Waals surface area contributed by atoms with Crippen molar-refractivity contribution in [3.05, 3.63) is 82.2 Å². The van der Waals surface area contributed by atoms with Crippen molar-refractivity contribution in [3.8, 4) is 11.1 Å². The SMILES string of the molecule is CC(C)N1CCC(c2cccc(Nc3cc4c(cn3)cc(-c3ccc5scnc5c3)c(=O)n4C)c2)CC1. The second kappa shape index (κ2) is 9.72. The summed E-state index contributed by atoms with van der Waals surface area (Å²) in [6.07, 6.45) is 4.22. The lowest BCUT2D eigenvalue weighted by atomic mass is 9.89. The zero-order chi connectivity index (χ0) is 25.5. The van der Waals surface area contributed by atoms with E-state index in [1.165, 1.54) is 18.4 Å². The van der Waals surface area contributed by atoms with Crippen molar-refractivity contribution in [3.63, 3.8) is 0 Å². The molecule has 2 aromatic carbocycles. The Kier molecular flexibility index (Phi) is 6.26. The molecule has 0 amide bonds. The molecule has 188 valence electrons. The Bertz CT molecular complexity index is 1650. The number of hydrogen-bond donors (Lipinski definition) is 1. The van der Waals surface area contributed by atoms with Gasteiger partial charge in [0.15, 0.2) is 0 Å². The smallest absolute Gasteiger partial charge is 0.258 e. The molecule has 1 aliphatic heterocycles. The third-order valence-corrected chi connectivity index (χ3v) is 8.45. The van der Waals surface area contributed by atoms with E-state index < -0.39 is 0 Å². The summed E-state index contributed by atoms with van der Waals surface area (Å²) >= 11 is 1.60. The summed E-state index contributed by atoms with van der Waals surface area (Å²) in [5.74, 6) is 1.31. The molecule has 1 N–H and O–H groups in total. The third kappa shape index (κ3) is 4.65. The molecule has 0 unspecified atom stereocenters. The maximum absolute atomic E-state index is 13.3. The summed E-state index contributed by atoms with van der Waals surface area (Å²) in [4.78, 5) is 25.0. The number of nitrogens with zero attached hydrogens (tertiary/aromatic N) is 4. The number of aryl methyl sites for hydroxylation is 1.